The van der Waals surface area contributed by atoms with Crippen LogP contribution in [0.15, 0.2) is 132 Å². The van der Waals surface area contributed by atoms with Gasteiger partial charge in [0.05, 0.1) is 11.3 Å². The molecule has 33 heavy (non-hydrogen) atoms. The van der Waals surface area contributed by atoms with Crippen LogP contribution in [0.25, 0.3) is 10.6 Å². The van der Waals surface area contributed by atoms with Crippen molar-refractivity contribution in [3.8, 4) is 0 Å². The van der Waals surface area contributed by atoms with Crippen LogP contribution in [0, 0.1) is 0 Å². The second-order valence-corrected chi connectivity index (χ2v) is 9.69. The molecule has 2 heteroatoms. The Balaban J connectivity index is 1.65. The molecule has 2 aliphatic rings. The lowest BCUT2D eigenvalue weighted by atomic mass is 9.89. The molecular formula is C31H25NS. The minimum absolute atomic E-state index is 0.188. The molecule has 0 radical (unpaired) electrons. The summed E-state index contributed by atoms with van der Waals surface area (Å²) in [4.78, 5) is 3.89. The van der Waals surface area contributed by atoms with Crippen molar-refractivity contribution in [3.05, 3.63) is 155 Å². The van der Waals surface area contributed by atoms with E-state index in [1.54, 1.807) is 0 Å². The maximum Gasteiger partial charge on any atom is 0.0808 e. The Bertz CT molecular complexity index is 1330. The van der Waals surface area contributed by atoms with Gasteiger partial charge >= 0.3 is 0 Å². The quantitative estimate of drug-likeness (QED) is 0.314. The van der Waals surface area contributed by atoms with E-state index in [1.807, 2.05) is 11.8 Å². The zero-order chi connectivity index (χ0) is 22.2. The normalized spacial score (nSPS) is 19.8. The largest absolute Gasteiger partial charge is 0.363 e. The number of rotatable bonds is 4. The molecule has 0 fully saturated rings. The smallest absolute Gasteiger partial charge is 0.0808 e. The van der Waals surface area contributed by atoms with Crippen LogP contribution >= 0.6 is 11.8 Å². The zero-order valence-electron chi connectivity index (χ0n) is 18.6. The highest BCUT2D eigenvalue weighted by atomic mass is 32.2. The standard InChI is InChI=1S/C31H25NS/c1-32-28(22-14-6-2-7-15-22)26-27(29(32)23-16-8-3-9-17-23)31(25-20-12-5-13-21-25)33-30(26)24-18-10-4-11-19-24/h2-21,28,31H,1H3/t28-,31+/m1/s1. The zero-order valence-corrected chi connectivity index (χ0v) is 19.4. The van der Waals surface area contributed by atoms with E-state index in [0.29, 0.717) is 0 Å². The maximum atomic E-state index is 2.49. The van der Waals surface area contributed by atoms with Gasteiger partial charge in [0.15, 0.2) is 0 Å². The van der Waals surface area contributed by atoms with Crippen LogP contribution in [0.5, 0.6) is 0 Å². The highest BCUT2D eigenvalue weighted by Crippen LogP contribution is 2.64. The molecule has 2 heterocycles. The molecule has 0 aromatic heterocycles. The molecule has 0 spiro atoms. The third kappa shape index (κ3) is 3.42. The van der Waals surface area contributed by atoms with Gasteiger partial charge in [-0.1, -0.05) is 121 Å². The SMILES string of the molecule is CN1C(c2ccccc2)=C2C(=C(c3ccccc3)S[C@H]2c2ccccc2)[C@H]1c1ccccc1. The topological polar surface area (TPSA) is 3.24 Å². The van der Waals surface area contributed by atoms with Gasteiger partial charge in [0, 0.05) is 23.2 Å². The molecule has 0 amide bonds. The lowest BCUT2D eigenvalue weighted by molar-refractivity contribution is 0.425. The first-order valence-electron chi connectivity index (χ1n) is 11.4. The lowest BCUT2D eigenvalue weighted by Gasteiger charge is -2.28. The molecule has 1 nitrogen and oxygen atoms in total. The van der Waals surface area contributed by atoms with E-state index in [9.17, 15) is 0 Å². The first-order valence-corrected chi connectivity index (χ1v) is 12.3. The summed E-state index contributed by atoms with van der Waals surface area (Å²) in [5, 5.41) is 0.266. The molecule has 0 bridgehead atoms. The van der Waals surface area contributed by atoms with Crippen LogP contribution < -0.4 is 0 Å². The van der Waals surface area contributed by atoms with E-state index >= 15 is 0 Å². The molecule has 2 aliphatic heterocycles. The summed E-state index contributed by atoms with van der Waals surface area (Å²) >= 11 is 2.00. The molecule has 0 saturated carbocycles. The van der Waals surface area contributed by atoms with Gasteiger partial charge in [-0.2, -0.15) is 0 Å². The van der Waals surface area contributed by atoms with Crippen molar-refractivity contribution in [1.29, 1.82) is 0 Å². The monoisotopic (exact) mass is 443 g/mol. The Labute approximate surface area is 200 Å². The Morgan fingerprint density at radius 3 is 1.61 bits per heavy atom. The molecule has 0 unspecified atom stereocenters. The van der Waals surface area contributed by atoms with Gasteiger partial charge in [-0.15, -0.1) is 11.8 Å². The van der Waals surface area contributed by atoms with Crippen LogP contribution in [-0.4, -0.2) is 11.9 Å². The van der Waals surface area contributed by atoms with Gasteiger partial charge in [0.25, 0.3) is 0 Å². The minimum Gasteiger partial charge on any atom is -0.363 e. The summed E-state index contributed by atoms with van der Waals surface area (Å²) in [6, 6.07) is 43.9. The average molecular weight is 444 g/mol. The Morgan fingerprint density at radius 2 is 1.03 bits per heavy atom. The first-order chi connectivity index (χ1) is 16.3. The highest BCUT2D eigenvalue weighted by molar-refractivity contribution is 8.09. The summed E-state index contributed by atoms with van der Waals surface area (Å²) in [7, 11) is 2.26. The molecule has 6 rings (SSSR count). The van der Waals surface area contributed by atoms with E-state index in [-0.39, 0.29) is 11.3 Å². The van der Waals surface area contributed by atoms with E-state index < -0.39 is 0 Å². The molecule has 2 atom stereocenters. The maximum absolute atomic E-state index is 2.49. The number of benzene rings is 4. The molecule has 160 valence electrons. The van der Waals surface area contributed by atoms with Crippen molar-refractivity contribution in [2.45, 2.75) is 11.3 Å². The number of hydrogen-bond donors (Lipinski definition) is 0. The minimum atomic E-state index is 0.188. The van der Waals surface area contributed by atoms with Gasteiger partial charge in [-0.3, -0.25) is 0 Å². The van der Waals surface area contributed by atoms with Crippen molar-refractivity contribution in [1.82, 2.24) is 4.90 Å². The van der Waals surface area contributed by atoms with Gasteiger partial charge in [0.1, 0.15) is 0 Å². The molecule has 0 N–H and O–H groups in total. The molecular weight excluding hydrogens is 418 g/mol. The molecule has 4 aromatic rings. The van der Waals surface area contributed by atoms with Gasteiger partial charge in [-0.05, 0) is 27.8 Å². The first kappa shape index (κ1) is 20.1. The number of thioether (sulfide) groups is 1. The highest BCUT2D eigenvalue weighted by Gasteiger charge is 2.45. The van der Waals surface area contributed by atoms with Crippen LogP contribution in [0.2, 0.25) is 0 Å². The summed E-state index contributed by atoms with van der Waals surface area (Å²) < 4.78 is 0. The van der Waals surface area contributed by atoms with Crippen LogP contribution in [0.4, 0.5) is 0 Å². The van der Waals surface area contributed by atoms with Gasteiger partial charge in [0.2, 0.25) is 0 Å². The van der Waals surface area contributed by atoms with Crippen molar-refractivity contribution < 1.29 is 0 Å². The van der Waals surface area contributed by atoms with Crippen molar-refractivity contribution >= 4 is 22.4 Å². The summed E-state index contributed by atoms with van der Waals surface area (Å²) in [5.74, 6) is 0. The van der Waals surface area contributed by atoms with Crippen LogP contribution in [0.1, 0.15) is 33.5 Å². The number of nitrogens with zero attached hydrogens (tertiary/aromatic N) is 1. The Morgan fingerprint density at radius 1 is 0.545 bits per heavy atom. The summed E-state index contributed by atoms with van der Waals surface area (Å²) in [5.41, 5.74) is 9.52. The van der Waals surface area contributed by atoms with E-state index in [1.165, 1.54) is 44.0 Å². The van der Waals surface area contributed by atoms with Gasteiger partial charge < -0.3 is 4.90 Å². The van der Waals surface area contributed by atoms with Crippen LogP contribution in [0.3, 0.4) is 0 Å². The number of hydrogen-bond acceptors (Lipinski definition) is 2. The second kappa shape index (κ2) is 8.46. The second-order valence-electron chi connectivity index (χ2n) is 8.57. The van der Waals surface area contributed by atoms with Gasteiger partial charge in [-0.25, -0.2) is 0 Å². The fraction of sp³-hybridized carbons (Fsp3) is 0.0968. The third-order valence-electron chi connectivity index (χ3n) is 6.60. The lowest BCUT2D eigenvalue weighted by Crippen LogP contribution is -2.19. The van der Waals surface area contributed by atoms with E-state index in [0.717, 1.165) is 0 Å². The fourth-order valence-corrected chi connectivity index (χ4v) is 6.70. The molecule has 4 aromatic carbocycles. The average Bonchev–Trinajstić information content (AvgIpc) is 3.40. The number of likely N-dealkylation sites (N-methyl/N-ethyl adjacent to an activating group) is 1. The van der Waals surface area contributed by atoms with Crippen molar-refractivity contribution in [2.75, 3.05) is 7.05 Å². The molecule has 0 aliphatic carbocycles. The van der Waals surface area contributed by atoms with Crippen molar-refractivity contribution in [2.24, 2.45) is 0 Å². The van der Waals surface area contributed by atoms with E-state index in [2.05, 4.69) is 133 Å². The molecule has 0 saturated heterocycles. The van der Waals surface area contributed by atoms with Crippen LogP contribution in [-0.2, 0) is 0 Å². The predicted octanol–water partition coefficient (Wildman–Crippen LogP) is 7.98. The predicted molar refractivity (Wildman–Crippen MR) is 140 cm³/mol. The Kier molecular flexibility index (Phi) is 5.16. The summed E-state index contributed by atoms with van der Waals surface area (Å²) in [6.45, 7) is 0. The Hall–Kier alpha value is -3.49. The van der Waals surface area contributed by atoms with E-state index in [4.69, 9.17) is 0 Å². The van der Waals surface area contributed by atoms with Crippen molar-refractivity contribution in [3.63, 3.8) is 0 Å². The fourth-order valence-electron chi connectivity index (χ4n) is 5.20. The third-order valence-corrected chi connectivity index (χ3v) is 8.04. The summed E-state index contributed by atoms with van der Waals surface area (Å²) in [6.07, 6.45) is 0. The number of fused-ring (bicyclic) bond motifs is 1.